The SMILES string of the molecule is Cc1ccc(C(C)NCC2CCCCN2)c(C)c1. The highest BCUT2D eigenvalue weighted by Crippen LogP contribution is 2.18. The zero-order valence-corrected chi connectivity index (χ0v) is 11.9. The zero-order chi connectivity index (χ0) is 13.0. The molecule has 0 saturated carbocycles. The molecule has 1 heterocycles. The highest BCUT2D eigenvalue weighted by molar-refractivity contribution is 5.32. The van der Waals surface area contributed by atoms with Gasteiger partial charge in [0.1, 0.15) is 0 Å². The topological polar surface area (TPSA) is 24.1 Å². The molecule has 2 N–H and O–H groups in total. The Kier molecular flexibility index (Phi) is 4.79. The monoisotopic (exact) mass is 246 g/mol. The van der Waals surface area contributed by atoms with E-state index in [2.05, 4.69) is 49.6 Å². The molecule has 1 fully saturated rings. The van der Waals surface area contributed by atoms with E-state index >= 15 is 0 Å². The van der Waals surface area contributed by atoms with Crippen LogP contribution in [0.2, 0.25) is 0 Å². The summed E-state index contributed by atoms with van der Waals surface area (Å²) in [5.74, 6) is 0. The van der Waals surface area contributed by atoms with Gasteiger partial charge >= 0.3 is 0 Å². The van der Waals surface area contributed by atoms with E-state index in [0.29, 0.717) is 12.1 Å². The van der Waals surface area contributed by atoms with Crippen LogP contribution in [0.25, 0.3) is 0 Å². The smallest absolute Gasteiger partial charge is 0.0295 e. The fourth-order valence-corrected chi connectivity index (χ4v) is 2.84. The molecule has 0 aliphatic carbocycles. The molecule has 100 valence electrons. The lowest BCUT2D eigenvalue weighted by Gasteiger charge is -2.26. The van der Waals surface area contributed by atoms with Crippen molar-refractivity contribution in [2.24, 2.45) is 0 Å². The predicted octanol–water partition coefficient (Wildman–Crippen LogP) is 3.10. The van der Waals surface area contributed by atoms with Crippen LogP contribution in [0.15, 0.2) is 18.2 Å². The van der Waals surface area contributed by atoms with Gasteiger partial charge in [-0.15, -0.1) is 0 Å². The number of nitrogens with one attached hydrogen (secondary N) is 2. The molecule has 1 saturated heterocycles. The van der Waals surface area contributed by atoms with Crippen LogP contribution in [-0.2, 0) is 0 Å². The highest BCUT2D eigenvalue weighted by Gasteiger charge is 2.14. The average molecular weight is 246 g/mol. The van der Waals surface area contributed by atoms with Crippen molar-refractivity contribution in [1.29, 1.82) is 0 Å². The molecule has 2 nitrogen and oxygen atoms in total. The zero-order valence-electron chi connectivity index (χ0n) is 11.9. The van der Waals surface area contributed by atoms with Crippen molar-refractivity contribution in [3.8, 4) is 0 Å². The van der Waals surface area contributed by atoms with Crippen molar-refractivity contribution >= 4 is 0 Å². The first-order valence-corrected chi connectivity index (χ1v) is 7.21. The fraction of sp³-hybridized carbons (Fsp3) is 0.625. The molecular weight excluding hydrogens is 220 g/mol. The van der Waals surface area contributed by atoms with Gasteiger partial charge in [0.25, 0.3) is 0 Å². The van der Waals surface area contributed by atoms with Crippen molar-refractivity contribution in [3.63, 3.8) is 0 Å². The first-order chi connectivity index (χ1) is 8.66. The van der Waals surface area contributed by atoms with E-state index in [4.69, 9.17) is 0 Å². The standard InChI is InChI=1S/C16H26N2/c1-12-7-8-16(13(2)10-12)14(3)18-11-15-6-4-5-9-17-15/h7-8,10,14-15,17-18H,4-6,9,11H2,1-3H3. The van der Waals surface area contributed by atoms with Gasteiger partial charge in [0.05, 0.1) is 0 Å². The van der Waals surface area contributed by atoms with E-state index in [1.807, 2.05) is 0 Å². The van der Waals surface area contributed by atoms with Crippen molar-refractivity contribution in [2.75, 3.05) is 13.1 Å². The summed E-state index contributed by atoms with van der Waals surface area (Å²) in [6.45, 7) is 8.89. The van der Waals surface area contributed by atoms with Crippen molar-refractivity contribution in [2.45, 2.75) is 52.1 Å². The maximum absolute atomic E-state index is 3.67. The largest absolute Gasteiger partial charge is 0.313 e. The number of aryl methyl sites for hydroxylation is 2. The maximum Gasteiger partial charge on any atom is 0.0295 e. The van der Waals surface area contributed by atoms with E-state index in [-0.39, 0.29) is 0 Å². The Morgan fingerprint density at radius 3 is 2.83 bits per heavy atom. The van der Waals surface area contributed by atoms with Gasteiger partial charge in [-0.05, 0) is 51.3 Å². The van der Waals surface area contributed by atoms with Crippen LogP contribution in [0, 0.1) is 13.8 Å². The molecule has 1 aliphatic heterocycles. The van der Waals surface area contributed by atoms with Gasteiger partial charge in [0, 0.05) is 18.6 Å². The summed E-state index contributed by atoms with van der Waals surface area (Å²) in [4.78, 5) is 0. The number of benzene rings is 1. The minimum absolute atomic E-state index is 0.439. The van der Waals surface area contributed by atoms with Crippen LogP contribution in [0.4, 0.5) is 0 Å². The first-order valence-electron chi connectivity index (χ1n) is 7.21. The molecule has 1 aromatic rings. The Morgan fingerprint density at radius 1 is 1.33 bits per heavy atom. The van der Waals surface area contributed by atoms with Gasteiger partial charge < -0.3 is 10.6 Å². The second kappa shape index (κ2) is 6.35. The summed E-state index contributed by atoms with van der Waals surface area (Å²) in [5.41, 5.74) is 4.17. The van der Waals surface area contributed by atoms with Gasteiger partial charge in [-0.2, -0.15) is 0 Å². The van der Waals surface area contributed by atoms with Crippen LogP contribution in [-0.4, -0.2) is 19.1 Å². The minimum Gasteiger partial charge on any atom is -0.313 e. The van der Waals surface area contributed by atoms with Crippen molar-refractivity contribution in [3.05, 3.63) is 34.9 Å². The van der Waals surface area contributed by atoms with Gasteiger partial charge in [0.15, 0.2) is 0 Å². The minimum atomic E-state index is 0.439. The Hall–Kier alpha value is -0.860. The summed E-state index contributed by atoms with van der Waals surface area (Å²) in [6, 6.07) is 7.84. The van der Waals surface area contributed by atoms with Crippen molar-refractivity contribution < 1.29 is 0 Å². The molecule has 0 spiro atoms. The number of hydrogen-bond donors (Lipinski definition) is 2. The second-order valence-electron chi connectivity index (χ2n) is 5.64. The number of piperidine rings is 1. The Balaban J connectivity index is 1.88. The van der Waals surface area contributed by atoms with E-state index in [1.54, 1.807) is 0 Å². The van der Waals surface area contributed by atoms with Gasteiger partial charge in [-0.3, -0.25) is 0 Å². The molecule has 1 aromatic carbocycles. The predicted molar refractivity (Wildman–Crippen MR) is 78.0 cm³/mol. The molecule has 2 rings (SSSR count). The van der Waals surface area contributed by atoms with Crippen LogP contribution >= 0.6 is 0 Å². The summed E-state index contributed by atoms with van der Waals surface area (Å²) in [5, 5.41) is 7.25. The quantitative estimate of drug-likeness (QED) is 0.853. The maximum atomic E-state index is 3.67. The fourth-order valence-electron chi connectivity index (χ4n) is 2.84. The third-order valence-electron chi connectivity index (χ3n) is 3.97. The molecule has 2 unspecified atom stereocenters. The molecular formula is C16H26N2. The summed E-state index contributed by atoms with van der Waals surface area (Å²) in [7, 11) is 0. The van der Waals surface area contributed by atoms with E-state index in [1.165, 1.54) is 42.5 Å². The van der Waals surface area contributed by atoms with Gasteiger partial charge in [-0.25, -0.2) is 0 Å². The van der Waals surface area contributed by atoms with Gasteiger partial charge in [-0.1, -0.05) is 30.2 Å². The van der Waals surface area contributed by atoms with Gasteiger partial charge in [0.2, 0.25) is 0 Å². The Bertz CT molecular complexity index is 381. The van der Waals surface area contributed by atoms with E-state index in [9.17, 15) is 0 Å². The van der Waals surface area contributed by atoms with E-state index in [0.717, 1.165) is 6.54 Å². The Morgan fingerprint density at radius 2 is 2.17 bits per heavy atom. The lowest BCUT2D eigenvalue weighted by Crippen LogP contribution is -2.42. The third-order valence-corrected chi connectivity index (χ3v) is 3.97. The molecule has 1 aliphatic rings. The average Bonchev–Trinajstić information content (AvgIpc) is 2.37. The molecule has 2 atom stereocenters. The highest BCUT2D eigenvalue weighted by atomic mass is 15.0. The lowest BCUT2D eigenvalue weighted by atomic mass is 9.99. The van der Waals surface area contributed by atoms with Crippen molar-refractivity contribution in [1.82, 2.24) is 10.6 Å². The summed E-state index contributed by atoms with van der Waals surface area (Å²) >= 11 is 0. The number of hydrogen-bond acceptors (Lipinski definition) is 2. The molecule has 2 heteroatoms. The molecule has 0 amide bonds. The second-order valence-corrected chi connectivity index (χ2v) is 5.64. The van der Waals surface area contributed by atoms with Crippen LogP contribution in [0.5, 0.6) is 0 Å². The first kappa shape index (κ1) is 13.6. The Labute approximate surface area is 111 Å². The molecule has 0 bridgehead atoms. The van der Waals surface area contributed by atoms with E-state index < -0.39 is 0 Å². The molecule has 0 radical (unpaired) electrons. The van der Waals surface area contributed by atoms with Crippen LogP contribution in [0.3, 0.4) is 0 Å². The normalized spacial score (nSPS) is 21.8. The summed E-state index contributed by atoms with van der Waals surface area (Å²) < 4.78 is 0. The number of rotatable bonds is 4. The molecule has 0 aromatic heterocycles. The summed E-state index contributed by atoms with van der Waals surface area (Å²) in [6.07, 6.45) is 4.02. The van der Waals surface area contributed by atoms with Crippen LogP contribution < -0.4 is 10.6 Å². The lowest BCUT2D eigenvalue weighted by molar-refractivity contribution is 0.371. The van der Waals surface area contributed by atoms with Crippen LogP contribution in [0.1, 0.15) is 48.9 Å². The molecule has 18 heavy (non-hydrogen) atoms. The third kappa shape index (κ3) is 3.56.